The molecule has 0 bridgehead atoms. The van der Waals surface area contributed by atoms with Gasteiger partial charge >= 0.3 is 0 Å². The van der Waals surface area contributed by atoms with Crippen LogP contribution in [0.25, 0.3) is 5.69 Å². The summed E-state index contributed by atoms with van der Waals surface area (Å²) in [6.45, 7) is 6.82. The predicted molar refractivity (Wildman–Crippen MR) is 102 cm³/mol. The molecule has 2 aromatic carbocycles. The van der Waals surface area contributed by atoms with Crippen LogP contribution in [0.5, 0.6) is 0 Å². The lowest BCUT2D eigenvalue weighted by atomic mass is 10.0. The van der Waals surface area contributed by atoms with E-state index >= 15 is 0 Å². The highest BCUT2D eigenvalue weighted by atomic mass is 32.1. The summed E-state index contributed by atoms with van der Waals surface area (Å²) in [5, 5.41) is 4.69. The monoisotopic (exact) mass is 350 g/mol. The van der Waals surface area contributed by atoms with Crippen molar-refractivity contribution in [1.82, 2.24) is 19.2 Å². The van der Waals surface area contributed by atoms with Crippen LogP contribution >= 0.6 is 12.2 Å². The van der Waals surface area contributed by atoms with Gasteiger partial charge < -0.3 is 0 Å². The summed E-state index contributed by atoms with van der Waals surface area (Å²) < 4.78 is 4.74. The standard InChI is InChI=1S/C20H22N4S/c1-15-7-9-19(10-8-15)24-16(2)21-23(20(24)25)14-22-12-11-17-5-3-4-6-18(17)13-22/h3-10H,11-14H2,1-2H3. The Kier molecular flexibility index (Phi) is 4.27. The van der Waals surface area contributed by atoms with Gasteiger partial charge in [0.05, 0.1) is 6.67 Å². The van der Waals surface area contributed by atoms with E-state index in [2.05, 4.69) is 60.4 Å². The Morgan fingerprint density at radius 3 is 2.48 bits per heavy atom. The van der Waals surface area contributed by atoms with Gasteiger partial charge in [0.1, 0.15) is 5.82 Å². The Balaban J connectivity index is 1.59. The van der Waals surface area contributed by atoms with Crippen molar-refractivity contribution in [2.45, 2.75) is 33.5 Å². The topological polar surface area (TPSA) is 26.0 Å². The van der Waals surface area contributed by atoms with Gasteiger partial charge in [0.15, 0.2) is 0 Å². The number of aromatic nitrogens is 3. The molecular formula is C20H22N4S. The second-order valence-corrected chi connectivity index (χ2v) is 7.08. The molecule has 0 saturated heterocycles. The normalized spacial score (nSPS) is 14.5. The minimum Gasteiger partial charge on any atom is -0.280 e. The van der Waals surface area contributed by atoms with Gasteiger partial charge in [0.2, 0.25) is 4.77 Å². The molecule has 0 saturated carbocycles. The third-order valence-electron chi connectivity index (χ3n) is 4.84. The molecule has 0 radical (unpaired) electrons. The first-order valence-electron chi connectivity index (χ1n) is 8.64. The maximum absolute atomic E-state index is 5.71. The van der Waals surface area contributed by atoms with Crippen molar-refractivity contribution in [2.24, 2.45) is 0 Å². The first-order valence-corrected chi connectivity index (χ1v) is 9.05. The van der Waals surface area contributed by atoms with Crippen molar-refractivity contribution < 1.29 is 0 Å². The van der Waals surface area contributed by atoms with E-state index in [0.717, 1.165) is 42.5 Å². The third kappa shape index (κ3) is 3.17. The zero-order chi connectivity index (χ0) is 17.4. The van der Waals surface area contributed by atoms with Crippen molar-refractivity contribution in [1.29, 1.82) is 0 Å². The molecule has 4 nitrogen and oxygen atoms in total. The van der Waals surface area contributed by atoms with E-state index in [4.69, 9.17) is 17.3 Å². The zero-order valence-electron chi connectivity index (χ0n) is 14.6. The lowest BCUT2D eigenvalue weighted by Crippen LogP contribution is -2.32. The second kappa shape index (κ2) is 6.58. The van der Waals surface area contributed by atoms with E-state index < -0.39 is 0 Å². The average Bonchev–Trinajstić information content (AvgIpc) is 2.89. The van der Waals surface area contributed by atoms with E-state index in [9.17, 15) is 0 Å². The maximum Gasteiger partial charge on any atom is 0.203 e. The van der Waals surface area contributed by atoms with E-state index in [1.165, 1.54) is 16.7 Å². The summed E-state index contributed by atoms with van der Waals surface area (Å²) in [6.07, 6.45) is 1.08. The quantitative estimate of drug-likeness (QED) is 0.667. The molecule has 25 heavy (non-hydrogen) atoms. The van der Waals surface area contributed by atoms with Crippen molar-refractivity contribution in [3.63, 3.8) is 0 Å². The Labute approximate surface area is 153 Å². The Morgan fingerprint density at radius 1 is 1.00 bits per heavy atom. The Hall–Kier alpha value is -2.24. The zero-order valence-corrected chi connectivity index (χ0v) is 15.5. The Bertz CT molecular complexity index is 953. The lowest BCUT2D eigenvalue weighted by Gasteiger charge is -2.28. The van der Waals surface area contributed by atoms with E-state index in [1.54, 1.807) is 0 Å². The minimum atomic E-state index is 0.729. The molecule has 3 aromatic rings. The first kappa shape index (κ1) is 16.2. The fraction of sp³-hybridized carbons (Fsp3) is 0.300. The highest BCUT2D eigenvalue weighted by molar-refractivity contribution is 7.71. The number of rotatable bonds is 3. The number of hydrogen-bond acceptors (Lipinski definition) is 3. The van der Waals surface area contributed by atoms with Gasteiger partial charge in [-0.15, -0.1) is 0 Å². The van der Waals surface area contributed by atoms with Gasteiger partial charge in [-0.05, 0) is 55.7 Å². The first-order chi connectivity index (χ1) is 12.1. The van der Waals surface area contributed by atoms with Crippen molar-refractivity contribution in [3.05, 3.63) is 75.8 Å². The van der Waals surface area contributed by atoms with Crippen LogP contribution in [0.4, 0.5) is 0 Å². The second-order valence-electron chi connectivity index (χ2n) is 6.71. The molecular weight excluding hydrogens is 328 g/mol. The molecule has 128 valence electrons. The fourth-order valence-corrected chi connectivity index (χ4v) is 3.80. The summed E-state index contributed by atoms with van der Waals surface area (Å²) >= 11 is 5.71. The molecule has 0 spiro atoms. The molecule has 0 N–H and O–H groups in total. The van der Waals surface area contributed by atoms with Crippen LogP contribution in [0.2, 0.25) is 0 Å². The summed E-state index contributed by atoms with van der Waals surface area (Å²) in [6, 6.07) is 17.1. The largest absolute Gasteiger partial charge is 0.280 e. The molecule has 1 aliphatic heterocycles. The molecule has 5 heteroatoms. The molecule has 1 aliphatic rings. The predicted octanol–water partition coefficient (Wildman–Crippen LogP) is 4.04. The van der Waals surface area contributed by atoms with Crippen LogP contribution in [0.15, 0.2) is 48.5 Å². The van der Waals surface area contributed by atoms with Crippen LogP contribution in [0.3, 0.4) is 0 Å². The highest BCUT2D eigenvalue weighted by Crippen LogP contribution is 2.19. The Morgan fingerprint density at radius 2 is 1.72 bits per heavy atom. The van der Waals surface area contributed by atoms with Gasteiger partial charge in [0.25, 0.3) is 0 Å². The smallest absolute Gasteiger partial charge is 0.203 e. The number of fused-ring (bicyclic) bond motifs is 1. The molecule has 4 rings (SSSR count). The number of benzene rings is 2. The number of aryl methyl sites for hydroxylation is 2. The van der Waals surface area contributed by atoms with Gasteiger partial charge in [-0.3, -0.25) is 9.47 Å². The molecule has 0 atom stereocenters. The van der Waals surface area contributed by atoms with E-state index in [1.807, 2.05) is 16.2 Å². The molecule has 0 aliphatic carbocycles. The van der Waals surface area contributed by atoms with Gasteiger partial charge in [-0.2, -0.15) is 5.10 Å². The van der Waals surface area contributed by atoms with Gasteiger partial charge in [-0.1, -0.05) is 42.0 Å². The molecule has 0 unspecified atom stereocenters. The SMILES string of the molecule is Cc1ccc(-n2c(C)nn(CN3CCc4ccccc4C3)c2=S)cc1. The van der Waals surface area contributed by atoms with E-state index in [-0.39, 0.29) is 0 Å². The molecule has 1 aromatic heterocycles. The molecule has 2 heterocycles. The molecule has 0 fully saturated rings. The number of hydrogen-bond donors (Lipinski definition) is 0. The molecule has 0 amide bonds. The summed E-state index contributed by atoms with van der Waals surface area (Å²) in [5.41, 5.74) is 5.19. The fourth-order valence-electron chi connectivity index (χ4n) is 3.46. The summed E-state index contributed by atoms with van der Waals surface area (Å²) in [7, 11) is 0. The van der Waals surface area contributed by atoms with Crippen molar-refractivity contribution >= 4 is 12.2 Å². The van der Waals surface area contributed by atoms with Gasteiger partial charge in [0, 0.05) is 18.8 Å². The summed E-state index contributed by atoms with van der Waals surface area (Å²) in [5.74, 6) is 0.922. The van der Waals surface area contributed by atoms with E-state index in [0.29, 0.717) is 0 Å². The number of nitrogens with zero attached hydrogens (tertiary/aromatic N) is 4. The summed E-state index contributed by atoms with van der Waals surface area (Å²) in [4.78, 5) is 2.41. The maximum atomic E-state index is 5.71. The van der Waals surface area contributed by atoms with Gasteiger partial charge in [-0.25, -0.2) is 4.68 Å². The van der Waals surface area contributed by atoms with Crippen LogP contribution in [0.1, 0.15) is 22.5 Å². The van der Waals surface area contributed by atoms with Crippen molar-refractivity contribution in [3.8, 4) is 5.69 Å². The van der Waals surface area contributed by atoms with Crippen molar-refractivity contribution in [2.75, 3.05) is 6.54 Å². The van der Waals surface area contributed by atoms with Crippen LogP contribution in [0, 0.1) is 18.6 Å². The van der Waals surface area contributed by atoms with Crippen LogP contribution < -0.4 is 0 Å². The minimum absolute atomic E-state index is 0.729. The average molecular weight is 350 g/mol. The lowest BCUT2D eigenvalue weighted by molar-refractivity contribution is 0.188. The third-order valence-corrected chi connectivity index (χ3v) is 5.23. The van der Waals surface area contributed by atoms with Crippen LogP contribution in [-0.2, 0) is 19.6 Å². The van der Waals surface area contributed by atoms with Crippen LogP contribution in [-0.4, -0.2) is 25.8 Å². The highest BCUT2D eigenvalue weighted by Gasteiger charge is 2.17.